The van der Waals surface area contributed by atoms with Crippen LogP contribution in [0.1, 0.15) is 18.9 Å². The van der Waals surface area contributed by atoms with Crippen LogP contribution in [0.4, 0.5) is 0 Å². The first-order chi connectivity index (χ1) is 11.7. The van der Waals surface area contributed by atoms with Crippen LogP contribution in [0.15, 0.2) is 47.4 Å². The molecule has 3 rings (SSSR count). The summed E-state index contributed by atoms with van der Waals surface area (Å²) < 4.78 is 11.0. The van der Waals surface area contributed by atoms with Gasteiger partial charge in [0.1, 0.15) is 11.5 Å². The number of aromatic amines is 1. The first kappa shape index (κ1) is 16.1. The number of aryl methyl sites for hydroxylation is 1. The van der Waals surface area contributed by atoms with Crippen molar-refractivity contribution in [2.24, 2.45) is 0 Å². The molecule has 0 spiro atoms. The topological polar surface area (TPSA) is 51.3 Å². The van der Waals surface area contributed by atoms with E-state index in [-0.39, 0.29) is 5.43 Å². The van der Waals surface area contributed by atoms with Crippen molar-refractivity contribution in [1.82, 2.24) is 4.98 Å². The number of aromatic nitrogens is 1. The maximum Gasteiger partial charge on any atom is 0.197 e. The molecule has 0 aliphatic carbocycles. The highest BCUT2D eigenvalue weighted by atomic mass is 16.5. The molecule has 0 amide bonds. The van der Waals surface area contributed by atoms with E-state index in [1.165, 1.54) is 0 Å². The highest BCUT2D eigenvalue weighted by Crippen LogP contribution is 2.27. The standard InChI is InChI=1S/C20H21NO3/c1-4-10-24-18-7-5-6-16-19(18)21-12-17(20(16)22)15-9-8-14(23-3)11-13(15)2/h5-9,11-12H,4,10H2,1-3H3,(H,21,22). The van der Waals surface area contributed by atoms with Gasteiger partial charge in [-0.3, -0.25) is 4.79 Å². The van der Waals surface area contributed by atoms with Crippen LogP contribution in [-0.2, 0) is 0 Å². The number of H-pyrrole nitrogens is 1. The minimum Gasteiger partial charge on any atom is -0.497 e. The van der Waals surface area contributed by atoms with Gasteiger partial charge < -0.3 is 14.5 Å². The number of methoxy groups -OCH3 is 1. The molecule has 0 saturated carbocycles. The zero-order valence-corrected chi connectivity index (χ0v) is 14.2. The summed E-state index contributed by atoms with van der Waals surface area (Å²) in [6.07, 6.45) is 2.68. The Morgan fingerprint density at radius 2 is 1.96 bits per heavy atom. The monoisotopic (exact) mass is 323 g/mol. The predicted molar refractivity (Wildman–Crippen MR) is 97.1 cm³/mol. The molecule has 1 aromatic heterocycles. The number of fused-ring (bicyclic) bond motifs is 1. The lowest BCUT2D eigenvalue weighted by molar-refractivity contribution is 0.320. The Hall–Kier alpha value is -2.75. The van der Waals surface area contributed by atoms with E-state index in [9.17, 15) is 4.79 Å². The summed E-state index contributed by atoms with van der Waals surface area (Å²) in [5.74, 6) is 1.49. The van der Waals surface area contributed by atoms with E-state index in [2.05, 4.69) is 11.9 Å². The van der Waals surface area contributed by atoms with E-state index < -0.39 is 0 Å². The Labute approximate surface area is 141 Å². The Balaban J connectivity index is 2.15. The summed E-state index contributed by atoms with van der Waals surface area (Å²) in [5, 5.41) is 0.635. The molecule has 4 heteroatoms. The van der Waals surface area contributed by atoms with Crippen molar-refractivity contribution in [1.29, 1.82) is 0 Å². The Morgan fingerprint density at radius 3 is 2.67 bits per heavy atom. The second-order valence-corrected chi connectivity index (χ2v) is 5.74. The van der Waals surface area contributed by atoms with Crippen LogP contribution in [-0.4, -0.2) is 18.7 Å². The second-order valence-electron chi connectivity index (χ2n) is 5.74. The van der Waals surface area contributed by atoms with Crippen LogP contribution in [0, 0.1) is 6.92 Å². The lowest BCUT2D eigenvalue weighted by Crippen LogP contribution is -2.08. The number of nitrogens with one attached hydrogen (secondary N) is 1. The van der Waals surface area contributed by atoms with Gasteiger partial charge >= 0.3 is 0 Å². The molecular weight excluding hydrogens is 302 g/mol. The average molecular weight is 323 g/mol. The summed E-state index contributed by atoms with van der Waals surface area (Å²) in [6.45, 7) is 4.65. The van der Waals surface area contributed by atoms with Crippen LogP contribution >= 0.6 is 0 Å². The van der Waals surface area contributed by atoms with Crippen LogP contribution in [0.2, 0.25) is 0 Å². The molecular formula is C20H21NO3. The largest absolute Gasteiger partial charge is 0.497 e. The average Bonchev–Trinajstić information content (AvgIpc) is 2.61. The van der Waals surface area contributed by atoms with Crippen molar-refractivity contribution in [3.8, 4) is 22.6 Å². The van der Waals surface area contributed by atoms with Gasteiger partial charge in [0.25, 0.3) is 0 Å². The fraction of sp³-hybridized carbons (Fsp3) is 0.250. The second kappa shape index (κ2) is 6.79. The summed E-state index contributed by atoms with van der Waals surface area (Å²) in [4.78, 5) is 16.2. The van der Waals surface area contributed by atoms with Gasteiger partial charge in [-0.25, -0.2) is 0 Å². The Bertz CT molecular complexity index is 928. The SMILES string of the molecule is CCCOc1cccc2c(=O)c(-c3ccc(OC)cc3C)c[nH]c12. The molecule has 0 atom stereocenters. The van der Waals surface area contributed by atoms with Crippen molar-refractivity contribution in [3.63, 3.8) is 0 Å². The van der Waals surface area contributed by atoms with Gasteiger partial charge in [-0.1, -0.05) is 19.1 Å². The van der Waals surface area contributed by atoms with Crippen LogP contribution in [0.5, 0.6) is 11.5 Å². The smallest absolute Gasteiger partial charge is 0.197 e. The summed E-state index contributed by atoms with van der Waals surface area (Å²) >= 11 is 0. The highest BCUT2D eigenvalue weighted by Gasteiger charge is 2.12. The summed E-state index contributed by atoms with van der Waals surface area (Å²) in [5.41, 5.74) is 3.29. The molecule has 1 N–H and O–H groups in total. The number of benzene rings is 2. The van der Waals surface area contributed by atoms with E-state index in [1.807, 2.05) is 43.3 Å². The zero-order valence-electron chi connectivity index (χ0n) is 14.2. The third kappa shape index (κ3) is 2.87. The van der Waals surface area contributed by atoms with E-state index in [0.29, 0.717) is 23.3 Å². The van der Waals surface area contributed by atoms with Crippen molar-refractivity contribution in [3.05, 3.63) is 58.4 Å². The van der Waals surface area contributed by atoms with Gasteiger partial charge in [0.05, 0.1) is 19.2 Å². The van der Waals surface area contributed by atoms with E-state index in [1.54, 1.807) is 13.3 Å². The molecule has 2 aromatic carbocycles. The van der Waals surface area contributed by atoms with E-state index in [0.717, 1.165) is 28.8 Å². The molecule has 24 heavy (non-hydrogen) atoms. The van der Waals surface area contributed by atoms with Gasteiger partial charge in [0.2, 0.25) is 0 Å². The molecule has 4 nitrogen and oxygen atoms in total. The molecule has 124 valence electrons. The number of rotatable bonds is 5. The molecule has 0 fully saturated rings. The molecule has 0 radical (unpaired) electrons. The molecule has 0 unspecified atom stereocenters. The van der Waals surface area contributed by atoms with Gasteiger partial charge in [0.15, 0.2) is 5.43 Å². The molecule has 1 heterocycles. The number of para-hydroxylation sites is 1. The predicted octanol–water partition coefficient (Wildman–Crippen LogP) is 4.30. The Morgan fingerprint density at radius 1 is 1.12 bits per heavy atom. The van der Waals surface area contributed by atoms with Crippen molar-refractivity contribution in [2.45, 2.75) is 20.3 Å². The van der Waals surface area contributed by atoms with Crippen molar-refractivity contribution >= 4 is 10.9 Å². The zero-order chi connectivity index (χ0) is 17.1. The van der Waals surface area contributed by atoms with E-state index >= 15 is 0 Å². The molecule has 0 bridgehead atoms. The van der Waals surface area contributed by atoms with E-state index in [4.69, 9.17) is 9.47 Å². The molecule has 3 aromatic rings. The van der Waals surface area contributed by atoms with Crippen LogP contribution in [0.3, 0.4) is 0 Å². The highest BCUT2D eigenvalue weighted by molar-refractivity contribution is 5.88. The third-order valence-electron chi connectivity index (χ3n) is 4.06. The summed E-state index contributed by atoms with van der Waals surface area (Å²) in [7, 11) is 1.63. The van der Waals surface area contributed by atoms with Crippen LogP contribution < -0.4 is 14.9 Å². The van der Waals surface area contributed by atoms with Crippen molar-refractivity contribution < 1.29 is 9.47 Å². The van der Waals surface area contributed by atoms with Gasteiger partial charge in [0, 0.05) is 17.1 Å². The number of ether oxygens (including phenoxy) is 2. The van der Waals surface area contributed by atoms with Gasteiger partial charge in [-0.05, 0) is 48.7 Å². The maximum absolute atomic E-state index is 13.0. The number of hydrogen-bond donors (Lipinski definition) is 1. The lowest BCUT2D eigenvalue weighted by Gasteiger charge is -2.11. The third-order valence-corrected chi connectivity index (χ3v) is 4.06. The van der Waals surface area contributed by atoms with Gasteiger partial charge in [-0.15, -0.1) is 0 Å². The minimum absolute atomic E-state index is 0.000958. The quantitative estimate of drug-likeness (QED) is 0.761. The van der Waals surface area contributed by atoms with Crippen LogP contribution in [0.25, 0.3) is 22.0 Å². The maximum atomic E-state index is 13.0. The number of hydrogen-bond acceptors (Lipinski definition) is 3. The first-order valence-electron chi connectivity index (χ1n) is 8.08. The fourth-order valence-corrected chi connectivity index (χ4v) is 2.82. The normalized spacial score (nSPS) is 10.8. The Kier molecular flexibility index (Phi) is 4.56. The fourth-order valence-electron chi connectivity index (χ4n) is 2.82. The summed E-state index contributed by atoms with van der Waals surface area (Å²) in [6, 6.07) is 11.3. The minimum atomic E-state index is -0.000958. The number of pyridine rings is 1. The molecule has 0 aliphatic heterocycles. The first-order valence-corrected chi connectivity index (χ1v) is 8.08. The van der Waals surface area contributed by atoms with Gasteiger partial charge in [-0.2, -0.15) is 0 Å². The lowest BCUT2D eigenvalue weighted by atomic mass is 10.00. The molecule has 0 aliphatic rings. The van der Waals surface area contributed by atoms with Crippen molar-refractivity contribution in [2.75, 3.05) is 13.7 Å². The molecule has 0 saturated heterocycles.